The van der Waals surface area contributed by atoms with Crippen molar-refractivity contribution < 1.29 is 0 Å². The highest BCUT2D eigenvalue weighted by molar-refractivity contribution is 6.33. The van der Waals surface area contributed by atoms with Crippen molar-refractivity contribution >= 4 is 40.1 Å². The van der Waals surface area contributed by atoms with Crippen molar-refractivity contribution in [1.82, 2.24) is 18.7 Å². The molecule has 0 fully saturated rings. The number of para-hydroxylation sites is 1. The van der Waals surface area contributed by atoms with Crippen molar-refractivity contribution in [3.8, 4) is 0 Å². The van der Waals surface area contributed by atoms with Gasteiger partial charge in [-0.3, -0.25) is 18.5 Å². The Morgan fingerprint density at radius 3 is 2.68 bits per heavy atom. The first-order valence-corrected chi connectivity index (χ1v) is 9.22. The first kappa shape index (κ1) is 18.3. The zero-order valence-electron chi connectivity index (χ0n) is 15.8. The molecular weight excluding hydrogens is 382 g/mol. The summed E-state index contributed by atoms with van der Waals surface area (Å²) >= 11 is 6.18. The van der Waals surface area contributed by atoms with E-state index in [0.717, 1.165) is 16.0 Å². The molecule has 0 saturated heterocycles. The molecule has 0 radical (unpaired) electrons. The largest absolute Gasteiger partial charge is 0.382 e. The first-order valence-electron chi connectivity index (χ1n) is 8.84. The summed E-state index contributed by atoms with van der Waals surface area (Å²) in [6, 6.07) is 7.51. The highest BCUT2D eigenvalue weighted by Gasteiger charge is 2.25. The summed E-state index contributed by atoms with van der Waals surface area (Å²) in [4.78, 5) is 29.5. The minimum absolute atomic E-state index is 0.358. The smallest absolute Gasteiger partial charge is 0.332 e. The molecule has 0 aliphatic carbocycles. The Morgan fingerprint density at radius 2 is 1.93 bits per heavy atom. The maximum absolute atomic E-state index is 12.7. The van der Waals surface area contributed by atoms with E-state index in [1.807, 2.05) is 35.8 Å². The number of hydrogen-bond donors (Lipinski definition) is 1. The third-order valence-corrected chi connectivity index (χ3v) is 5.08. The van der Waals surface area contributed by atoms with Crippen LogP contribution in [0.25, 0.3) is 11.2 Å². The average molecular weight is 402 g/mol. The Kier molecular flexibility index (Phi) is 4.46. The summed E-state index contributed by atoms with van der Waals surface area (Å²) in [6.45, 7) is 3.43. The van der Waals surface area contributed by atoms with E-state index in [9.17, 15) is 9.59 Å². The summed E-state index contributed by atoms with van der Waals surface area (Å²) in [5.41, 5.74) is 1.68. The fourth-order valence-corrected chi connectivity index (χ4v) is 3.55. The Balaban J connectivity index is 1.70. The molecule has 1 N–H and O–H groups in total. The number of aromatic nitrogens is 4. The Bertz CT molecular complexity index is 1220. The van der Waals surface area contributed by atoms with Gasteiger partial charge in [-0.05, 0) is 19.1 Å². The minimum atomic E-state index is -0.405. The van der Waals surface area contributed by atoms with Crippen molar-refractivity contribution in [2.45, 2.75) is 13.5 Å². The van der Waals surface area contributed by atoms with Crippen molar-refractivity contribution in [1.29, 1.82) is 0 Å². The summed E-state index contributed by atoms with van der Waals surface area (Å²) in [6.07, 6.45) is 0. The third-order valence-electron chi connectivity index (χ3n) is 4.75. The van der Waals surface area contributed by atoms with Crippen LogP contribution in [0.5, 0.6) is 0 Å². The number of aryl methyl sites for hydroxylation is 1. The molecule has 0 bridgehead atoms. The van der Waals surface area contributed by atoms with Crippen LogP contribution in [0.3, 0.4) is 0 Å². The SMILES string of the molecule is CC1=NN(CCNc2ccccc2Cl)c2nc3c(c(=O)n(C)c(=O)n3C)n2C1. The third kappa shape index (κ3) is 2.88. The molecule has 3 aromatic rings. The molecule has 1 aliphatic rings. The van der Waals surface area contributed by atoms with Crippen LogP contribution in [-0.2, 0) is 20.6 Å². The van der Waals surface area contributed by atoms with Crippen LogP contribution in [0.4, 0.5) is 11.6 Å². The summed E-state index contributed by atoms with van der Waals surface area (Å²) in [5.74, 6) is 0.542. The van der Waals surface area contributed by atoms with E-state index >= 15 is 0 Å². The Hall–Kier alpha value is -3.07. The molecule has 0 spiro atoms. The van der Waals surface area contributed by atoms with Crippen LogP contribution in [0.15, 0.2) is 39.0 Å². The van der Waals surface area contributed by atoms with E-state index < -0.39 is 5.69 Å². The van der Waals surface area contributed by atoms with Gasteiger partial charge in [-0.15, -0.1) is 0 Å². The second-order valence-corrected chi connectivity index (χ2v) is 7.15. The van der Waals surface area contributed by atoms with Gasteiger partial charge in [0.2, 0.25) is 5.95 Å². The van der Waals surface area contributed by atoms with E-state index in [4.69, 9.17) is 11.6 Å². The minimum Gasteiger partial charge on any atom is -0.382 e. The monoisotopic (exact) mass is 401 g/mol. The van der Waals surface area contributed by atoms with Gasteiger partial charge in [-0.2, -0.15) is 10.1 Å². The van der Waals surface area contributed by atoms with Crippen LogP contribution in [-0.4, -0.2) is 37.5 Å². The van der Waals surface area contributed by atoms with E-state index in [2.05, 4.69) is 15.4 Å². The molecule has 0 saturated carbocycles. The lowest BCUT2D eigenvalue weighted by Gasteiger charge is -2.25. The van der Waals surface area contributed by atoms with Gasteiger partial charge in [0, 0.05) is 20.6 Å². The summed E-state index contributed by atoms with van der Waals surface area (Å²) in [7, 11) is 3.08. The number of anilines is 2. The van der Waals surface area contributed by atoms with Crippen LogP contribution in [0.2, 0.25) is 5.02 Å². The molecule has 4 rings (SSSR count). The molecule has 0 atom stereocenters. The van der Waals surface area contributed by atoms with Crippen molar-refractivity contribution in [2.24, 2.45) is 19.2 Å². The van der Waals surface area contributed by atoms with Crippen LogP contribution >= 0.6 is 11.6 Å². The van der Waals surface area contributed by atoms with Crippen LogP contribution < -0.4 is 21.6 Å². The van der Waals surface area contributed by atoms with Gasteiger partial charge < -0.3 is 5.32 Å². The number of nitrogens with one attached hydrogen (secondary N) is 1. The van der Waals surface area contributed by atoms with E-state index in [1.165, 1.54) is 11.6 Å². The molecule has 28 heavy (non-hydrogen) atoms. The number of hydrazone groups is 1. The van der Waals surface area contributed by atoms with E-state index in [-0.39, 0.29) is 5.56 Å². The predicted molar refractivity (Wildman–Crippen MR) is 111 cm³/mol. The topological polar surface area (TPSA) is 89.5 Å². The standard InChI is InChI=1S/C18H20ClN7O2/c1-11-10-25-14-15(23(2)18(28)24(3)16(14)27)21-17(25)26(22-11)9-8-20-13-7-5-4-6-12(13)19/h4-7,20H,8-10H2,1-3H3. The number of halogens is 1. The molecule has 2 aromatic heterocycles. The van der Waals surface area contributed by atoms with Gasteiger partial charge in [0.05, 0.1) is 29.5 Å². The van der Waals surface area contributed by atoms with E-state index in [0.29, 0.717) is 41.8 Å². The maximum Gasteiger partial charge on any atom is 0.332 e. The number of rotatable bonds is 4. The zero-order chi connectivity index (χ0) is 20.0. The first-order chi connectivity index (χ1) is 13.4. The molecule has 1 aliphatic heterocycles. The highest BCUT2D eigenvalue weighted by Crippen LogP contribution is 2.24. The van der Waals surface area contributed by atoms with Gasteiger partial charge in [-0.25, -0.2) is 9.80 Å². The number of benzene rings is 1. The van der Waals surface area contributed by atoms with Gasteiger partial charge >= 0.3 is 5.69 Å². The second kappa shape index (κ2) is 6.83. The second-order valence-electron chi connectivity index (χ2n) is 6.74. The number of nitrogens with zero attached hydrogens (tertiary/aromatic N) is 6. The Morgan fingerprint density at radius 1 is 1.18 bits per heavy atom. The predicted octanol–water partition coefficient (Wildman–Crippen LogP) is 1.40. The lowest BCUT2D eigenvalue weighted by molar-refractivity contribution is 0.700. The lowest BCUT2D eigenvalue weighted by atomic mass is 10.3. The molecule has 3 heterocycles. The number of fused-ring (bicyclic) bond motifs is 3. The van der Waals surface area contributed by atoms with E-state index in [1.54, 1.807) is 12.1 Å². The van der Waals surface area contributed by atoms with Gasteiger partial charge in [0.25, 0.3) is 5.56 Å². The number of imidazole rings is 1. The van der Waals surface area contributed by atoms with Crippen LogP contribution in [0, 0.1) is 0 Å². The molecular formula is C18H20ClN7O2. The van der Waals surface area contributed by atoms with Crippen molar-refractivity contribution in [3.05, 3.63) is 50.1 Å². The average Bonchev–Trinajstić information content (AvgIpc) is 3.05. The van der Waals surface area contributed by atoms with Gasteiger partial charge in [0.15, 0.2) is 11.2 Å². The van der Waals surface area contributed by atoms with Gasteiger partial charge in [0.1, 0.15) is 0 Å². The fraction of sp³-hybridized carbons (Fsp3) is 0.333. The normalized spacial score (nSPS) is 13.6. The Labute approximate surface area is 165 Å². The quantitative estimate of drug-likeness (QED) is 0.713. The lowest BCUT2D eigenvalue weighted by Crippen LogP contribution is -2.38. The summed E-state index contributed by atoms with van der Waals surface area (Å²) in [5, 5.41) is 10.2. The van der Waals surface area contributed by atoms with Crippen molar-refractivity contribution in [2.75, 3.05) is 23.4 Å². The van der Waals surface area contributed by atoms with Crippen molar-refractivity contribution in [3.63, 3.8) is 0 Å². The molecule has 1 aromatic carbocycles. The molecule has 0 unspecified atom stereocenters. The van der Waals surface area contributed by atoms with Crippen LogP contribution in [0.1, 0.15) is 6.92 Å². The highest BCUT2D eigenvalue weighted by atomic mass is 35.5. The van der Waals surface area contributed by atoms with Gasteiger partial charge in [-0.1, -0.05) is 23.7 Å². The summed E-state index contributed by atoms with van der Waals surface area (Å²) < 4.78 is 4.30. The molecule has 10 heteroatoms. The molecule has 0 amide bonds. The maximum atomic E-state index is 12.7. The molecule has 9 nitrogen and oxygen atoms in total. The molecule has 146 valence electrons. The fourth-order valence-electron chi connectivity index (χ4n) is 3.34. The number of hydrogen-bond acceptors (Lipinski definition) is 6. The zero-order valence-corrected chi connectivity index (χ0v) is 16.6.